The maximum atomic E-state index is 9.99. The molecule has 1 aromatic rings. The van der Waals surface area contributed by atoms with Crippen molar-refractivity contribution in [2.45, 2.75) is 38.6 Å². The molecule has 0 heterocycles. The van der Waals surface area contributed by atoms with E-state index in [1.807, 2.05) is 19.9 Å². The van der Waals surface area contributed by atoms with Crippen LogP contribution < -0.4 is 5.73 Å². The Morgan fingerprint density at radius 2 is 2.07 bits per heavy atom. The highest BCUT2D eigenvalue weighted by atomic mass is 35.5. The van der Waals surface area contributed by atoms with E-state index in [4.69, 9.17) is 17.3 Å². The molecule has 0 unspecified atom stereocenters. The number of phenolic OH excluding ortho intramolecular Hbond substituents is 1. The Kier molecular flexibility index (Phi) is 2.44. The van der Waals surface area contributed by atoms with Gasteiger partial charge in [-0.2, -0.15) is 0 Å². The summed E-state index contributed by atoms with van der Waals surface area (Å²) >= 11 is 6.14. The van der Waals surface area contributed by atoms with Gasteiger partial charge in [0.15, 0.2) is 0 Å². The Morgan fingerprint density at radius 1 is 1.40 bits per heavy atom. The maximum Gasteiger partial charge on any atom is 0.139 e. The number of hydrogen-bond acceptors (Lipinski definition) is 2. The molecule has 0 radical (unpaired) electrons. The molecule has 0 bridgehead atoms. The molecule has 0 atom stereocenters. The molecule has 1 aromatic carbocycles. The number of halogens is 1. The molecule has 0 saturated carbocycles. The normalized spacial score (nSPS) is 15.5. The lowest BCUT2D eigenvalue weighted by Gasteiger charge is -2.22. The third kappa shape index (κ3) is 1.72. The van der Waals surface area contributed by atoms with Gasteiger partial charge >= 0.3 is 0 Å². The third-order valence-electron chi connectivity index (χ3n) is 3.00. The first-order valence-corrected chi connectivity index (χ1v) is 5.61. The quantitative estimate of drug-likeness (QED) is 0.772. The Balaban J connectivity index is 2.64. The average Bonchev–Trinajstić information content (AvgIpc) is 2.57. The first-order chi connectivity index (χ1) is 6.91. The molecule has 82 valence electrons. The summed E-state index contributed by atoms with van der Waals surface area (Å²) in [4.78, 5) is 0. The lowest BCUT2D eigenvalue weighted by molar-refractivity contribution is 0.440. The van der Waals surface area contributed by atoms with Gasteiger partial charge in [-0.05, 0) is 50.3 Å². The standard InChI is InChI=1S/C12H16ClNO/c1-12(2,14)9-6-7-4-3-5-8(7)10(13)11(9)15/h6,15H,3-5,14H2,1-2H3. The van der Waals surface area contributed by atoms with Crippen LogP contribution in [0.25, 0.3) is 0 Å². The number of rotatable bonds is 1. The highest BCUT2D eigenvalue weighted by Gasteiger charge is 2.26. The fraction of sp³-hybridized carbons (Fsp3) is 0.500. The molecule has 0 amide bonds. The topological polar surface area (TPSA) is 46.2 Å². The highest BCUT2D eigenvalue weighted by Crippen LogP contribution is 2.41. The number of benzene rings is 1. The summed E-state index contributed by atoms with van der Waals surface area (Å²) < 4.78 is 0. The molecule has 1 aliphatic carbocycles. The Bertz CT molecular complexity index is 407. The van der Waals surface area contributed by atoms with E-state index in [0.717, 1.165) is 30.4 Å². The lowest BCUT2D eigenvalue weighted by atomic mass is 9.91. The summed E-state index contributed by atoms with van der Waals surface area (Å²) in [5.41, 5.74) is 8.54. The molecule has 0 aliphatic heterocycles. The van der Waals surface area contributed by atoms with E-state index in [9.17, 15) is 5.11 Å². The van der Waals surface area contributed by atoms with Crippen LogP contribution in [0, 0.1) is 0 Å². The first kappa shape index (κ1) is 10.8. The summed E-state index contributed by atoms with van der Waals surface area (Å²) in [5.74, 6) is 0.157. The molecule has 0 fully saturated rings. The number of phenols is 1. The molecular weight excluding hydrogens is 210 g/mol. The summed E-state index contributed by atoms with van der Waals surface area (Å²) in [6.45, 7) is 3.75. The van der Waals surface area contributed by atoms with Crippen LogP contribution >= 0.6 is 11.6 Å². The van der Waals surface area contributed by atoms with Gasteiger partial charge < -0.3 is 10.8 Å². The zero-order valence-corrected chi connectivity index (χ0v) is 9.86. The first-order valence-electron chi connectivity index (χ1n) is 5.24. The van der Waals surface area contributed by atoms with Crippen LogP contribution in [-0.2, 0) is 18.4 Å². The van der Waals surface area contributed by atoms with Crippen LogP contribution in [0.3, 0.4) is 0 Å². The monoisotopic (exact) mass is 225 g/mol. The van der Waals surface area contributed by atoms with Crippen LogP contribution in [0.5, 0.6) is 5.75 Å². The molecule has 2 nitrogen and oxygen atoms in total. The van der Waals surface area contributed by atoms with Gasteiger partial charge in [-0.25, -0.2) is 0 Å². The van der Waals surface area contributed by atoms with Crippen LogP contribution in [0.4, 0.5) is 0 Å². The number of hydrogen-bond donors (Lipinski definition) is 2. The van der Waals surface area contributed by atoms with E-state index >= 15 is 0 Å². The van der Waals surface area contributed by atoms with Crippen molar-refractivity contribution >= 4 is 11.6 Å². The van der Waals surface area contributed by atoms with E-state index in [2.05, 4.69) is 0 Å². The van der Waals surface area contributed by atoms with Crippen molar-refractivity contribution in [1.29, 1.82) is 0 Å². The molecule has 0 aromatic heterocycles. The van der Waals surface area contributed by atoms with Gasteiger partial charge in [0.05, 0.1) is 5.02 Å². The summed E-state index contributed by atoms with van der Waals surface area (Å²) in [7, 11) is 0. The van der Waals surface area contributed by atoms with Gasteiger partial charge in [0.2, 0.25) is 0 Å². The average molecular weight is 226 g/mol. The molecular formula is C12H16ClNO. The van der Waals surface area contributed by atoms with Gasteiger partial charge in [-0.1, -0.05) is 11.6 Å². The number of fused-ring (bicyclic) bond motifs is 1. The second-order valence-corrected chi connectivity index (χ2v) is 5.18. The third-order valence-corrected chi connectivity index (χ3v) is 3.41. The molecule has 2 rings (SSSR count). The van der Waals surface area contributed by atoms with Crippen LogP contribution in [0.1, 0.15) is 37.0 Å². The van der Waals surface area contributed by atoms with E-state index in [1.165, 1.54) is 5.56 Å². The van der Waals surface area contributed by atoms with Gasteiger partial charge in [0, 0.05) is 11.1 Å². The predicted molar refractivity (Wildman–Crippen MR) is 62.4 cm³/mol. The number of aromatic hydroxyl groups is 1. The summed E-state index contributed by atoms with van der Waals surface area (Å²) in [6, 6.07) is 2.00. The van der Waals surface area contributed by atoms with Crippen molar-refractivity contribution < 1.29 is 5.11 Å². The van der Waals surface area contributed by atoms with E-state index in [1.54, 1.807) is 0 Å². The zero-order valence-electron chi connectivity index (χ0n) is 9.10. The molecule has 0 saturated heterocycles. The van der Waals surface area contributed by atoms with Crippen molar-refractivity contribution in [3.05, 3.63) is 27.8 Å². The summed E-state index contributed by atoms with van der Waals surface area (Å²) in [6.07, 6.45) is 3.12. The van der Waals surface area contributed by atoms with Crippen LogP contribution in [0.15, 0.2) is 6.07 Å². The van der Waals surface area contributed by atoms with Crippen molar-refractivity contribution in [2.75, 3.05) is 0 Å². The largest absolute Gasteiger partial charge is 0.506 e. The predicted octanol–water partition coefficient (Wildman–Crippen LogP) is 2.73. The van der Waals surface area contributed by atoms with Gasteiger partial charge in [0.25, 0.3) is 0 Å². The van der Waals surface area contributed by atoms with E-state index in [0.29, 0.717) is 5.02 Å². The lowest BCUT2D eigenvalue weighted by Crippen LogP contribution is -2.29. The minimum atomic E-state index is -0.550. The Hall–Kier alpha value is -0.730. The van der Waals surface area contributed by atoms with E-state index in [-0.39, 0.29) is 5.75 Å². The van der Waals surface area contributed by atoms with Crippen LogP contribution in [0.2, 0.25) is 5.02 Å². The van der Waals surface area contributed by atoms with Crippen molar-refractivity contribution in [1.82, 2.24) is 0 Å². The molecule has 1 aliphatic rings. The second-order valence-electron chi connectivity index (χ2n) is 4.80. The van der Waals surface area contributed by atoms with Crippen molar-refractivity contribution in [2.24, 2.45) is 5.73 Å². The second kappa shape index (κ2) is 3.39. The Morgan fingerprint density at radius 3 is 2.67 bits per heavy atom. The van der Waals surface area contributed by atoms with E-state index < -0.39 is 5.54 Å². The molecule has 3 heteroatoms. The number of nitrogens with two attached hydrogens (primary N) is 1. The van der Waals surface area contributed by atoms with Crippen molar-refractivity contribution in [3.8, 4) is 5.75 Å². The van der Waals surface area contributed by atoms with Crippen LogP contribution in [-0.4, -0.2) is 5.11 Å². The minimum Gasteiger partial charge on any atom is -0.506 e. The highest BCUT2D eigenvalue weighted by molar-refractivity contribution is 6.33. The minimum absolute atomic E-state index is 0.157. The smallest absolute Gasteiger partial charge is 0.139 e. The maximum absolute atomic E-state index is 9.99. The van der Waals surface area contributed by atoms with Gasteiger partial charge in [0.1, 0.15) is 5.75 Å². The molecule has 0 spiro atoms. The number of aryl methyl sites for hydroxylation is 1. The fourth-order valence-corrected chi connectivity index (χ4v) is 2.49. The van der Waals surface area contributed by atoms with Gasteiger partial charge in [-0.15, -0.1) is 0 Å². The summed E-state index contributed by atoms with van der Waals surface area (Å²) in [5, 5.41) is 10.5. The van der Waals surface area contributed by atoms with Gasteiger partial charge in [-0.3, -0.25) is 0 Å². The SMILES string of the molecule is CC(C)(N)c1cc2c(c(Cl)c1O)CCC2. The molecule has 3 N–H and O–H groups in total. The zero-order chi connectivity index (χ0) is 11.2. The fourth-order valence-electron chi connectivity index (χ4n) is 2.17. The molecule has 15 heavy (non-hydrogen) atoms. The van der Waals surface area contributed by atoms with Crippen molar-refractivity contribution in [3.63, 3.8) is 0 Å². The Labute approximate surface area is 95.1 Å².